The lowest BCUT2D eigenvalue weighted by Crippen LogP contribution is -2.44. The summed E-state index contributed by atoms with van der Waals surface area (Å²) in [6.07, 6.45) is 4.19. The Morgan fingerprint density at radius 2 is 1.81 bits per heavy atom. The van der Waals surface area contributed by atoms with Crippen LogP contribution in [0.4, 0.5) is 4.79 Å². The first kappa shape index (κ1) is 18.9. The van der Waals surface area contributed by atoms with E-state index in [9.17, 15) is 19.2 Å². The van der Waals surface area contributed by atoms with Crippen molar-refractivity contribution in [3.8, 4) is 0 Å². The Kier molecular flexibility index (Phi) is 5.16. The van der Waals surface area contributed by atoms with Crippen molar-refractivity contribution in [2.24, 2.45) is 0 Å². The minimum absolute atomic E-state index is 0.0470. The van der Waals surface area contributed by atoms with E-state index in [1.54, 1.807) is 19.9 Å². The lowest BCUT2D eigenvalue weighted by Gasteiger charge is -2.17. The fraction of sp³-hybridized carbons (Fsp3) is 0.474. The van der Waals surface area contributed by atoms with Gasteiger partial charge in [-0.05, 0) is 62.8 Å². The molecule has 5 amide bonds. The van der Waals surface area contributed by atoms with E-state index in [-0.39, 0.29) is 18.9 Å². The summed E-state index contributed by atoms with van der Waals surface area (Å²) in [6.45, 7) is 3.16. The summed E-state index contributed by atoms with van der Waals surface area (Å²) in [7, 11) is 0. The molecule has 0 bridgehead atoms. The third-order valence-corrected chi connectivity index (χ3v) is 4.93. The predicted molar refractivity (Wildman–Crippen MR) is 97.6 cm³/mol. The van der Waals surface area contributed by atoms with Gasteiger partial charge in [0.2, 0.25) is 5.91 Å². The Labute approximate surface area is 157 Å². The van der Waals surface area contributed by atoms with Crippen LogP contribution in [0.3, 0.4) is 0 Å². The van der Waals surface area contributed by atoms with E-state index in [0.29, 0.717) is 5.56 Å². The Bertz CT molecular complexity index is 803. The van der Waals surface area contributed by atoms with Crippen molar-refractivity contribution in [2.75, 3.05) is 6.54 Å². The average Bonchev–Trinajstić information content (AvgIpc) is 2.84. The molecule has 0 unspecified atom stereocenters. The monoisotopic (exact) mass is 372 g/mol. The molecule has 0 spiro atoms. The second kappa shape index (κ2) is 7.38. The maximum Gasteiger partial charge on any atom is 0.325 e. The number of rotatable bonds is 4. The molecule has 27 heavy (non-hydrogen) atoms. The van der Waals surface area contributed by atoms with Crippen LogP contribution < -0.4 is 16.2 Å². The molecular formula is C19H24N4O4. The van der Waals surface area contributed by atoms with E-state index in [1.807, 2.05) is 12.1 Å². The van der Waals surface area contributed by atoms with Crippen LogP contribution in [0.5, 0.6) is 0 Å². The van der Waals surface area contributed by atoms with Gasteiger partial charge in [0.15, 0.2) is 0 Å². The Morgan fingerprint density at radius 3 is 2.48 bits per heavy atom. The number of aryl methyl sites for hydroxylation is 2. The molecule has 1 fully saturated rings. The first-order valence-electron chi connectivity index (χ1n) is 9.13. The van der Waals surface area contributed by atoms with Crippen LogP contribution in [0.1, 0.15) is 54.6 Å². The zero-order valence-corrected chi connectivity index (χ0v) is 15.6. The van der Waals surface area contributed by atoms with E-state index in [2.05, 4.69) is 16.2 Å². The van der Waals surface area contributed by atoms with Gasteiger partial charge in [-0.15, -0.1) is 0 Å². The van der Waals surface area contributed by atoms with Crippen LogP contribution in [-0.2, 0) is 22.4 Å². The molecule has 8 heteroatoms. The molecule has 2 aliphatic rings. The number of carbonyl (C=O) groups is 4. The zero-order valence-electron chi connectivity index (χ0n) is 15.6. The normalized spacial score (nSPS) is 17.9. The van der Waals surface area contributed by atoms with Gasteiger partial charge in [-0.2, -0.15) is 0 Å². The summed E-state index contributed by atoms with van der Waals surface area (Å²) < 4.78 is 0. The Morgan fingerprint density at radius 1 is 1.11 bits per heavy atom. The van der Waals surface area contributed by atoms with E-state index < -0.39 is 23.4 Å². The first-order chi connectivity index (χ1) is 12.8. The second-order valence-corrected chi connectivity index (χ2v) is 7.45. The maximum absolute atomic E-state index is 12.2. The summed E-state index contributed by atoms with van der Waals surface area (Å²) >= 11 is 0. The molecule has 1 heterocycles. The number of amides is 5. The smallest absolute Gasteiger partial charge is 0.324 e. The highest BCUT2D eigenvalue weighted by Gasteiger charge is 2.43. The molecule has 3 rings (SSSR count). The number of benzene rings is 1. The fourth-order valence-electron chi connectivity index (χ4n) is 3.37. The molecule has 1 aliphatic carbocycles. The number of fused-ring (bicyclic) bond motifs is 1. The zero-order chi connectivity index (χ0) is 19.6. The highest BCUT2D eigenvalue weighted by molar-refractivity contribution is 6.06. The largest absolute Gasteiger partial charge is 0.325 e. The van der Waals surface area contributed by atoms with Crippen molar-refractivity contribution < 1.29 is 19.2 Å². The molecule has 0 radical (unpaired) electrons. The number of imide groups is 1. The van der Waals surface area contributed by atoms with Gasteiger partial charge in [0.1, 0.15) is 5.54 Å². The molecule has 0 aromatic heterocycles. The maximum atomic E-state index is 12.2. The topological polar surface area (TPSA) is 108 Å². The van der Waals surface area contributed by atoms with Gasteiger partial charge in [-0.1, -0.05) is 6.07 Å². The quantitative estimate of drug-likeness (QED) is 0.542. The molecule has 0 saturated carbocycles. The third-order valence-electron chi connectivity index (χ3n) is 4.93. The summed E-state index contributed by atoms with van der Waals surface area (Å²) in [6, 6.07) is 5.06. The van der Waals surface area contributed by atoms with Gasteiger partial charge in [-0.25, -0.2) is 4.79 Å². The lowest BCUT2D eigenvalue weighted by molar-refractivity contribution is -0.130. The number of hydrogen-bond acceptors (Lipinski definition) is 4. The van der Waals surface area contributed by atoms with E-state index in [1.165, 1.54) is 17.5 Å². The van der Waals surface area contributed by atoms with E-state index >= 15 is 0 Å². The van der Waals surface area contributed by atoms with Gasteiger partial charge in [0.25, 0.3) is 11.8 Å². The number of nitrogens with zero attached hydrogens (tertiary/aromatic N) is 1. The number of hydrazine groups is 1. The van der Waals surface area contributed by atoms with Crippen LogP contribution in [0.2, 0.25) is 0 Å². The van der Waals surface area contributed by atoms with Crippen molar-refractivity contribution in [1.29, 1.82) is 0 Å². The van der Waals surface area contributed by atoms with Gasteiger partial charge in [0, 0.05) is 18.5 Å². The number of urea groups is 1. The summed E-state index contributed by atoms with van der Waals surface area (Å²) in [4.78, 5) is 49.0. The predicted octanol–water partition coefficient (Wildman–Crippen LogP) is 1.05. The van der Waals surface area contributed by atoms with Gasteiger partial charge >= 0.3 is 6.03 Å². The average molecular weight is 372 g/mol. The van der Waals surface area contributed by atoms with Gasteiger partial charge in [0.05, 0.1) is 0 Å². The number of nitrogens with one attached hydrogen (secondary N) is 3. The van der Waals surface area contributed by atoms with Crippen molar-refractivity contribution in [3.05, 3.63) is 34.9 Å². The van der Waals surface area contributed by atoms with Crippen LogP contribution in [0, 0.1) is 0 Å². The molecular weight excluding hydrogens is 348 g/mol. The van der Waals surface area contributed by atoms with Crippen LogP contribution in [0.25, 0.3) is 0 Å². The molecule has 1 aliphatic heterocycles. The summed E-state index contributed by atoms with van der Waals surface area (Å²) in [5, 5.41) is 2.55. The van der Waals surface area contributed by atoms with E-state index in [0.717, 1.165) is 24.2 Å². The van der Waals surface area contributed by atoms with Crippen molar-refractivity contribution >= 4 is 23.8 Å². The van der Waals surface area contributed by atoms with Crippen molar-refractivity contribution in [3.63, 3.8) is 0 Å². The van der Waals surface area contributed by atoms with Gasteiger partial charge in [-0.3, -0.25) is 30.1 Å². The van der Waals surface area contributed by atoms with Gasteiger partial charge < -0.3 is 5.32 Å². The molecule has 1 aromatic carbocycles. The molecule has 3 N–H and O–H groups in total. The molecule has 1 saturated heterocycles. The lowest BCUT2D eigenvalue weighted by atomic mass is 9.90. The standard InChI is InChI=1S/C19H24N4O4/c1-19(2)17(26)23(18(27)20-19)10-9-15(24)21-22-16(25)14-8-7-12-5-3-4-6-13(12)11-14/h7-8,11H,3-6,9-10H2,1-2H3,(H,20,27)(H,21,24)(H,22,25). The number of carbonyl (C=O) groups excluding carboxylic acids is 4. The van der Waals surface area contributed by atoms with Crippen LogP contribution in [-0.4, -0.2) is 40.7 Å². The SMILES string of the molecule is CC1(C)NC(=O)N(CCC(=O)NNC(=O)c2ccc3c(c2)CCCC3)C1=O. The minimum Gasteiger partial charge on any atom is -0.324 e. The summed E-state index contributed by atoms with van der Waals surface area (Å²) in [5.74, 6) is -1.25. The number of hydrogen-bond donors (Lipinski definition) is 3. The van der Waals surface area contributed by atoms with Crippen LogP contribution in [0.15, 0.2) is 18.2 Å². The van der Waals surface area contributed by atoms with E-state index in [4.69, 9.17) is 0 Å². The molecule has 1 aromatic rings. The minimum atomic E-state index is -0.964. The van der Waals surface area contributed by atoms with Crippen molar-refractivity contribution in [2.45, 2.75) is 51.5 Å². The van der Waals surface area contributed by atoms with Crippen LogP contribution >= 0.6 is 0 Å². The highest BCUT2D eigenvalue weighted by atomic mass is 16.2. The van der Waals surface area contributed by atoms with Crippen molar-refractivity contribution in [1.82, 2.24) is 21.1 Å². The fourth-order valence-corrected chi connectivity index (χ4v) is 3.37. The molecule has 0 atom stereocenters. The molecule has 144 valence electrons. The third kappa shape index (κ3) is 4.10. The second-order valence-electron chi connectivity index (χ2n) is 7.45. The first-order valence-corrected chi connectivity index (χ1v) is 9.13. The summed E-state index contributed by atoms with van der Waals surface area (Å²) in [5.41, 5.74) is 6.69. The Hall–Kier alpha value is -2.90. The highest BCUT2D eigenvalue weighted by Crippen LogP contribution is 2.22. The Balaban J connectivity index is 1.48. The molecule has 8 nitrogen and oxygen atoms in total.